The van der Waals surface area contributed by atoms with E-state index in [1.54, 1.807) is 0 Å². The molecule has 5 nitrogen and oxygen atoms in total. The van der Waals surface area contributed by atoms with E-state index in [4.69, 9.17) is 10.2 Å². The van der Waals surface area contributed by atoms with Gasteiger partial charge in [0.25, 0.3) is 0 Å². The first-order chi connectivity index (χ1) is 5.46. The maximum absolute atomic E-state index is 10.7. The molecule has 5 heteroatoms. The Morgan fingerprint density at radius 1 is 1.50 bits per heavy atom. The van der Waals surface area contributed by atoms with Crippen LogP contribution in [0.25, 0.3) is 0 Å². The molecule has 1 fully saturated rings. The maximum Gasteiger partial charge on any atom is 0.329 e. The molecule has 0 aliphatic heterocycles. The van der Waals surface area contributed by atoms with Crippen LogP contribution in [0.2, 0.25) is 0 Å². The van der Waals surface area contributed by atoms with E-state index < -0.39 is 17.6 Å². The van der Waals surface area contributed by atoms with Gasteiger partial charge in [-0.2, -0.15) is 0 Å². The third-order valence-corrected chi connectivity index (χ3v) is 1.99. The fraction of sp³-hybridized carbons (Fsp3) is 0.714. The van der Waals surface area contributed by atoms with E-state index in [-0.39, 0.29) is 18.7 Å². The summed E-state index contributed by atoms with van der Waals surface area (Å²) in [6.45, 7) is 1.26. The van der Waals surface area contributed by atoms with Crippen LogP contribution in [0.4, 0.5) is 0 Å². The highest BCUT2D eigenvalue weighted by Crippen LogP contribution is 2.32. The molecule has 0 bridgehead atoms. The molecular formula is C7H11NO4. The number of carbonyl (C=O) groups is 2. The fourth-order valence-electron chi connectivity index (χ4n) is 1.41. The van der Waals surface area contributed by atoms with Gasteiger partial charge in [-0.3, -0.25) is 4.79 Å². The molecule has 0 atom stereocenters. The summed E-state index contributed by atoms with van der Waals surface area (Å²) in [4.78, 5) is 21.3. The first kappa shape index (κ1) is 8.99. The van der Waals surface area contributed by atoms with Crippen molar-refractivity contribution in [3.05, 3.63) is 0 Å². The van der Waals surface area contributed by atoms with Gasteiger partial charge in [0.1, 0.15) is 5.54 Å². The van der Waals surface area contributed by atoms with Gasteiger partial charge in [-0.05, 0) is 0 Å². The van der Waals surface area contributed by atoms with Crippen molar-refractivity contribution in [2.45, 2.75) is 31.4 Å². The number of carboxylic acids is 1. The van der Waals surface area contributed by atoms with Gasteiger partial charge in [0.2, 0.25) is 5.91 Å². The standard InChI is InChI=1S/C7H11NO4/c1-4(9)8-7(6(11)12)2-5(10)3-7/h5,10H,2-3H2,1H3,(H,8,9)(H,11,12). The van der Waals surface area contributed by atoms with Crippen molar-refractivity contribution in [3.63, 3.8) is 0 Å². The number of aliphatic hydroxyl groups excluding tert-OH is 1. The molecule has 0 aromatic carbocycles. The summed E-state index contributed by atoms with van der Waals surface area (Å²) in [5.41, 5.74) is -1.22. The Hall–Kier alpha value is -1.10. The zero-order valence-electron chi connectivity index (χ0n) is 6.70. The summed E-state index contributed by atoms with van der Waals surface area (Å²) in [6, 6.07) is 0. The molecule has 0 radical (unpaired) electrons. The number of carbonyl (C=O) groups excluding carboxylic acids is 1. The fourth-order valence-corrected chi connectivity index (χ4v) is 1.41. The molecule has 0 saturated heterocycles. The summed E-state index contributed by atoms with van der Waals surface area (Å²) in [6.07, 6.45) is -0.406. The predicted molar refractivity (Wildman–Crippen MR) is 39.4 cm³/mol. The first-order valence-electron chi connectivity index (χ1n) is 3.66. The van der Waals surface area contributed by atoms with Crippen LogP contribution >= 0.6 is 0 Å². The second-order valence-electron chi connectivity index (χ2n) is 3.13. The SMILES string of the molecule is CC(=O)NC1(C(=O)O)CC(O)C1. The molecule has 0 aromatic rings. The summed E-state index contributed by atoms with van der Waals surface area (Å²) in [7, 11) is 0. The van der Waals surface area contributed by atoms with Crippen molar-refractivity contribution >= 4 is 11.9 Å². The van der Waals surface area contributed by atoms with E-state index in [0.29, 0.717) is 0 Å². The number of aliphatic hydroxyl groups is 1. The summed E-state index contributed by atoms with van der Waals surface area (Å²) >= 11 is 0. The number of hydrogen-bond donors (Lipinski definition) is 3. The maximum atomic E-state index is 10.7. The van der Waals surface area contributed by atoms with Crippen LogP contribution < -0.4 is 5.32 Å². The van der Waals surface area contributed by atoms with Crippen molar-refractivity contribution in [2.75, 3.05) is 0 Å². The van der Waals surface area contributed by atoms with Crippen LogP contribution in [-0.2, 0) is 9.59 Å². The summed E-state index contributed by atoms with van der Waals surface area (Å²) < 4.78 is 0. The Morgan fingerprint density at radius 3 is 2.25 bits per heavy atom. The number of rotatable bonds is 2. The van der Waals surface area contributed by atoms with E-state index in [9.17, 15) is 9.59 Å². The Labute approximate surface area is 69.4 Å². The Morgan fingerprint density at radius 2 is 2.00 bits per heavy atom. The molecule has 1 saturated carbocycles. The van der Waals surface area contributed by atoms with E-state index in [1.165, 1.54) is 6.92 Å². The van der Waals surface area contributed by atoms with Gasteiger partial charge in [-0.1, -0.05) is 0 Å². The zero-order chi connectivity index (χ0) is 9.35. The average Bonchev–Trinajstić information content (AvgIpc) is 1.81. The molecule has 0 unspecified atom stereocenters. The molecular weight excluding hydrogens is 162 g/mol. The van der Waals surface area contributed by atoms with Gasteiger partial charge < -0.3 is 15.5 Å². The van der Waals surface area contributed by atoms with Crippen molar-refractivity contribution < 1.29 is 19.8 Å². The van der Waals surface area contributed by atoms with E-state index in [0.717, 1.165) is 0 Å². The lowest BCUT2D eigenvalue weighted by molar-refractivity contribution is -0.157. The van der Waals surface area contributed by atoms with Gasteiger partial charge in [-0.25, -0.2) is 4.79 Å². The summed E-state index contributed by atoms with van der Waals surface area (Å²) in [5, 5.41) is 20.0. The normalized spacial score (nSPS) is 33.7. The lowest BCUT2D eigenvalue weighted by atomic mass is 9.74. The average molecular weight is 173 g/mol. The second-order valence-corrected chi connectivity index (χ2v) is 3.13. The van der Waals surface area contributed by atoms with Gasteiger partial charge in [-0.15, -0.1) is 0 Å². The molecule has 0 aromatic heterocycles. The highest BCUT2D eigenvalue weighted by Gasteiger charge is 2.50. The van der Waals surface area contributed by atoms with Crippen molar-refractivity contribution in [2.24, 2.45) is 0 Å². The number of amides is 1. The highest BCUT2D eigenvalue weighted by molar-refractivity contribution is 5.87. The Balaban J connectivity index is 2.63. The predicted octanol–water partition coefficient (Wildman–Crippen LogP) is -0.899. The quantitative estimate of drug-likeness (QED) is 0.505. The Bertz CT molecular complexity index is 219. The lowest BCUT2D eigenvalue weighted by Gasteiger charge is -2.41. The molecule has 12 heavy (non-hydrogen) atoms. The number of aliphatic carboxylic acids is 1. The molecule has 1 rings (SSSR count). The van der Waals surface area contributed by atoms with Crippen LogP contribution in [0.3, 0.4) is 0 Å². The van der Waals surface area contributed by atoms with Crippen molar-refractivity contribution in [3.8, 4) is 0 Å². The van der Waals surface area contributed by atoms with Crippen LogP contribution in [0.5, 0.6) is 0 Å². The lowest BCUT2D eigenvalue weighted by Crippen LogP contribution is -2.63. The van der Waals surface area contributed by atoms with Crippen LogP contribution in [0.1, 0.15) is 19.8 Å². The van der Waals surface area contributed by atoms with E-state index in [2.05, 4.69) is 5.32 Å². The number of carboxylic acid groups (broad SMARTS) is 1. The zero-order valence-corrected chi connectivity index (χ0v) is 6.70. The Kier molecular flexibility index (Phi) is 2.06. The monoisotopic (exact) mass is 173 g/mol. The first-order valence-corrected chi connectivity index (χ1v) is 3.66. The molecule has 3 N–H and O–H groups in total. The van der Waals surface area contributed by atoms with E-state index in [1.807, 2.05) is 0 Å². The number of nitrogens with one attached hydrogen (secondary N) is 1. The van der Waals surface area contributed by atoms with Crippen molar-refractivity contribution in [1.82, 2.24) is 5.32 Å². The molecule has 0 heterocycles. The molecule has 68 valence electrons. The van der Waals surface area contributed by atoms with Crippen LogP contribution in [-0.4, -0.2) is 33.7 Å². The van der Waals surface area contributed by atoms with Crippen LogP contribution in [0, 0.1) is 0 Å². The van der Waals surface area contributed by atoms with Gasteiger partial charge in [0.05, 0.1) is 6.10 Å². The largest absolute Gasteiger partial charge is 0.480 e. The van der Waals surface area contributed by atoms with Crippen LogP contribution in [0.15, 0.2) is 0 Å². The van der Waals surface area contributed by atoms with Gasteiger partial charge in [0, 0.05) is 19.8 Å². The minimum absolute atomic E-state index is 0.0991. The van der Waals surface area contributed by atoms with Gasteiger partial charge >= 0.3 is 5.97 Å². The molecule has 0 spiro atoms. The van der Waals surface area contributed by atoms with Crippen molar-refractivity contribution in [1.29, 1.82) is 0 Å². The third-order valence-electron chi connectivity index (χ3n) is 1.99. The molecule has 1 aliphatic rings. The second kappa shape index (κ2) is 2.75. The van der Waals surface area contributed by atoms with E-state index >= 15 is 0 Å². The third kappa shape index (κ3) is 1.40. The smallest absolute Gasteiger partial charge is 0.329 e. The molecule has 1 aliphatic carbocycles. The van der Waals surface area contributed by atoms with Gasteiger partial charge in [0.15, 0.2) is 0 Å². The minimum atomic E-state index is -1.22. The molecule has 1 amide bonds. The highest BCUT2D eigenvalue weighted by atomic mass is 16.4. The number of hydrogen-bond acceptors (Lipinski definition) is 3. The topological polar surface area (TPSA) is 86.6 Å². The summed E-state index contributed by atoms with van der Waals surface area (Å²) in [5.74, 6) is -1.47. The minimum Gasteiger partial charge on any atom is -0.480 e.